The number of benzene rings is 2. The Balaban J connectivity index is 1.98. The van der Waals surface area contributed by atoms with Crippen molar-refractivity contribution in [3.63, 3.8) is 0 Å². The van der Waals surface area contributed by atoms with Crippen molar-refractivity contribution in [2.45, 2.75) is 13.3 Å². The predicted octanol–water partition coefficient (Wildman–Crippen LogP) is 4.27. The number of carbonyl (C=O) groups excluding carboxylic acids is 1. The first-order chi connectivity index (χ1) is 9.20. The average Bonchev–Trinajstić information content (AvgIpc) is 2.46. The van der Waals surface area contributed by atoms with Crippen LogP contribution in [0.5, 0.6) is 5.75 Å². The van der Waals surface area contributed by atoms with Gasteiger partial charge in [-0.25, -0.2) is 0 Å². The molecule has 3 heteroatoms. The number of aryl methyl sites for hydroxylation is 1. The quantitative estimate of drug-likeness (QED) is 0.769. The first-order valence-electron chi connectivity index (χ1n) is 6.20. The van der Waals surface area contributed by atoms with Crippen molar-refractivity contribution in [3.8, 4) is 5.75 Å². The number of Topliss-reactive ketones (excluding diaryl/α,β-unsaturated/α-hetero) is 1. The minimum atomic E-state index is -0.0351. The molecule has 0 fully saturated rings. The molecule has 0 atom stereocenters. The van der Waals surface area contributed by atoms with Crippen LogP contribution in [0.1, 0.15) is 22.8 Å². The lowest BCUT2D eigenvalue weighted by Crippen LogP contribution is -2.12. The lowest BCUT2D eigenvalue weighted by atomic mass is 10.1. The maximum absolute atomic E-state index is 12.0. The van der Waals surface area contributed by atoms with Crippen LogP contribution in [0, 0.1) is 0 Å². The number of ether oxygens (including phenoxy) is 1. The second-order valence-electron chi connectivity index (χ2n) is 4.19. The summed E-state index contributed by atoms with van der Waals surface area (Å²) in [5, 5.41) is 0. The van der Waals surface area contributed by atoms with Gasteiger partial charge in [-0.05, 0) is 30.2 Å². The van der Waals surface area contributed by atoms with Gasteiger partial charge in [0.15, 0.2) is 6.61 Å². The Morgan fingerprint density at radius 2 is 1.79 bits per heavy atom. The van der Waals surface area contributed by atoms with Gasteiger partial charge in [-0.2, -0.15) is 0 Å². The Morgan fingerprint density at radius 3 is 2.42 bits per heavy atom. The number of hydrogen-bond acceptors (Lipinski definition) is 2. The monoisotopic (exact) mass is 318 g/mol. The molecule has 0 bridgehead atoms. The molecule has 0 aliphatic rings. The van der Waals surface area contributed by atoms with Crippen molar-refractivity contribution < 1.29 is 9.53 Å². The molecule has 0 unspecified atom stereocenters. The van der Waals surface area contributed by atoms with E-state index < -0.39 is 0 Å². The van der Waals surface area contributed by atoms with E-state index in [-0.39, 0.29) is 12.4 Å². The first-order valence-corrected chi connectivity index (χ1v) is 6.99. The van der Waals surface area contributed by atoms with Crippen molar-refractivity contribution in [3.05, 3.63) is 64.1 Å². The zero-order chi connectivity index (χ0) is 13.7. The molecule has 2 aromatic carbocycles. The maximum atomic E-state index is 12.0. The Bertz CT molecular complexity index is 561. The lowest BCUT2D eigenvalue weighted by molar-refractivity contribution is 0.0921. The molecular formula is C16H15BrO2. The van der Waals surface area contributed by atoms with Crippen LogP contribution < -0.4 is 4.74 Å². The van der Waals surface area contributed by atoms with Gasteiger partial charge in [0.1, 0.15) is 5.75 Å². The van der Waals surface area contributed by atoms with E-state index in [1.165, 1.54) is 5.56 Å². The second-order valence-corrected chi connectivity index (χ2v) is 5.04. The molecule has 0 saturated heterocycles. The van der Waals surface area contributed by atoms with Crippen molar-refractivity contribution in [1.29, 1.82) is 0 Å². The summed E-state index contributed by atoms with van der Waals surface area (Å²) >= 11 is 3.37. The standard InChI is InChI=1S/C16H15BrO2/c1-2-12-7-9-13(10-8-12)19-11-16(18)14-5-3-4-6-15(14)17/h3-10H,2,11H2,1H3. The molecule has 0 aliphatic heterocycles. The fourth-order valence-corrected chi connectivity index (χ4v) is 2.24. The maximum Gasteiger partial charge on any atom is 0.201 e. The summed E-state index contributed by atoms with van der Waals surface area (Å²) in [6.45, 7) is 2.15. The van der Waals surface area contributed by atoms with E-state index in [1.807, 2.05) is 42.5 Å². The van der Waals surface area contributed by atoms with Gasteiger partial charge in [0.05, 0.1) is 0 Å². The van der Waals surface area contributed by atoms with Crippen LogP contribution in [0.4, 0.5) is 0 Å². The molecule has 0 N–H and O–H groups in total. The second kappa shape index (κ2) is 6.53. The number of rotatable bonds is 5. The van der Waals surface area contributed by atoms with Gasteiger partial charge in [-0.15, -0.1) is 0 Å². The predicted molar refractivity (Wildman–Crippen MR) is 79.8 cm³/mol. The molecule has 0 heterocycles. The third kappa shape index (κ3) is 3.67. The van der Waals surface area contributed by atoms with Gasteiger partial charge < -0.3 is 4.74 Å². The van der Waals surface area contributed by atoms with Crippen molar-refractivity contribution in [2.75, 3.05) is 6.61 Å². The van der Waals surface area contributed by atoms with Gasteiger partial charge in [-0.3, -0.25) is 4.79 Å². The van der Waals surface area contributed by atoms with Crippen LogP contribution in [-0.2, 0) is 6.42 Å². The van der Waals surface area contributed by atoms with Gasteiger partial charge in [0.2, 0.25) is 5.78 Å². The van der Waals surface area contributed by atoms with Crippen molar-refractivity contribution in [1.82, 2.24) is 0 Å². The van der Waals surface area contributed by atoms with Crippen molar-refractivity contribution >= 4 is 21.7 Å². The van der Waals surface area contributed by atoms with Crippen LogP contribution >= 0.6 is 15.9 Å². The molecule has 0 aromatic heterocycles. The highest BCUT2D eigenvalue weighted by Gasteiger charge is 2.09. The topological polar surface area (TPSA) is 26.3 Å². The van der Waals surface area contributed by atoms with Crippen LogP contribution in [0.2, 0.25) is 0 Å². The van der Waals surface area contributed by atoms with Gasteiger partial charge in [0, 0.05) is 10.0 Å². The van der Waals surface area contributed by atoms with E-state index in [9.17, 15) is 4.79 Å². The molecule has 98 valence electrons. The molecule has 2 rings (SSSR count). The SMILES string of the molecule is CCc1ccc(OCC(=O)c2ccccc2Br)cc1. The van der Waals surface area contributed by atoms with Gasteiger partial charge in [0.25, 0.3) is 0 Å². The van der Waals surface area contributed by atoms with Gasteiger partial charge in [-0.1, -0.05) is 53.2 Å². The number of hydrogen-bond donors (Lipinski definition) is 0. The summed E-state index contributed by atoms with van der Waals surface area (Å²) < 4.78 is 6.30. The first kappa shape index (κ1) is 13.8. The van der Waals surface area contributed by atoms with Crippen molar-refractivity contribution in [2.24, 2.45) is 0 Å². The Kier molecular flexibility index (Phi) is 4.74. The van der Waals surface area contributed by atoms with Gasteiger partial charge >= 0.3 is 0 Å². The van der Waals surface area contributed by atoms with E-state index in [4.69, 9.17) is 4.74 Å². The molecule has 0 amide bonds. The zero-order valence-corrected chi connectivity index (χ0v) is 12.3. The number of ketones is 1. The Labute approximate surface area is 121 Å². The molecule has 19 heavy (non-hydrogen) atoms. The molecule has 0 aliphatic carbocycles. The number of carbonyl (C=O) groups is 1. The van der Waals surface area contributed by atoms with Crippen LogP contribution in [0.25, 0.3) is 0 Å². The summed E-state index contributed by atoms with van der Waals surface area (Å²) in [6.07, 6.45) is 0.996. The fourth-order valence-electron chi connectivity index (χ4n) is 1.74. The van der Waals surface area contributed by atoms with Crippen LogP contribution in [0.3, 0.4) is 0 Å². The number of halogens is 1. The van der Waals surface area contributed by atoms with Crippen LogP contribution in [-0.4, -0.2) is 12.4 Å². The third-order valence-electron chi connectivity index (χ3n) is 2.88. The highest BCUT2D eigenvalue weighted by molar-refractivity contribution is 9.10. The van der Waals surface area contributed by atoms with E-state index in [0.717, 1.165) is 16.6 Å². The largest absolute Gasteiger partial charge is 0.485 e. The highest BCUT2D eigenvalue weighted by atomic mass is 79.9. The van der Waals surface area contributed by atoms with E-state index in [2.05, 4.69) is 22.9 Å². The van der Waals surface area contributed by atoms with Crippen LogP contribution in [0.15, 0.2) is 53.0 Å². The molecular weight excluding hydrogens is 304 g/mol. The minimum Gasteiger partial charge on any atom is -0.485 e. The molecule has 0 radical (unpaired) electrons. The summed E-state index contributed by atoms with van der Waals surface area (Å²) in [5.74, 6) is 0.685. The van der Waals surface area contributed by atoms with E-state index >= 15 is 0 Å². The minimum absolute atomic E-state index is 0.0351. The summed E-state index contributed by atoms with van der Waals surface area (Å²) in [5.41, 5.74) is 1.90. The average molecular weight is 319 g/mol. The lowest BCUT2D eigenvalue weighted by Gasteiger charge is -2.07. The third-order valence-corrected chi connectivity index (χ3v) is 3.57. The molecule has 0 saturated carbocycles. The smallest absolute Gasteiger partial charge is 0.201 e. The molecule has 2 nitrogen and oxygen atoms in total. The summed E-state index contributed by atoms with van der Waals surface area (Å²) in [7, 11) is 0. The Hall–Kier alpha value is -1.61. The normalized spacial score (nSPS) is 10.2. The fraction of sp³-hybridized carbons (Fsp3) is 0.188. The van der Waals surface area contributed by atoms with E-state index in [1.54, 1.807) is 6.07 Å². The zero-order valence-electron chi connectivity index (χ0n) is 10.7. The highest BCUT2D eigenvalue weighted by Crippen LogP contribution is 2.17. The molecule has 2 aromatic rings. The van der Waals surface area contributed by atoms with E-state index in [0.29, 0.717) is 5.56 Å². The molecule has 0 spiro atoms. The summed E-state index contributed by atoms with van der Waals surface area (Å²) in [4.78, 5) is 12.0. The summed E-state index contributed by atoms with van der Waals surface area (Å²) in [6, 6.07) is 15.2. The Morgan fingerprint density at radius 1 is 1.11 bits per heavy atom.